The molecule has 174 valence electrons. The highest BCUT2D eigenvalue weighted by Crippen LogP contribution is 2.38. The summed E-state index contributed by atoms with van der Waals surface area (Å²) in [5, 5.41) is 7.57. The Bertz CT molecular complexity index is 858. The number of hydrogen-bond donors (Lipinski definition) is 1. The van der Waals surface area contributed by atoms with E-state index in [4.69, 9.17) is 9.47 Å². The quantitative estimate of drug-likeness (QED) is 0.637. The van der Waals surface area contributed by atoms with Crippen LogP contribution in [0.5, 0.6) is 0 Å². The molecule has 1 aromatic heterocycles. The Balaban J connectivity index is 1.43. The minimum Gasteiger partial charge on any atom is -0.453 e. The molecule has 1 amide bonds. The van der Waals surface area contributed by atoms with Crippen molar-refractivity contribution in [1.82, 2.24) is 15.1 Å². The number of hydrogen-bond acceptors (Lipinski definition) is 4. The predicted octanol–water partition coefficient (Wildman–Crippen LogP) is 5.59. The summed E-state index contributed by atoms with van der Waals surface area (Å²) >= 11 is 0. The van der Waals surface area contributed by atoms with Crippen molar-refractivity contribution in [3.8, 4) is 0 Å². The molecule has 32 heavy (non-hydrogen) atoms. The van der Waals surface area contributed by atoms with Gasteiger partial charge < -0.3 is 14.4 Å². The molecule has 2 heterocycles. The first kappa shape index (κ1) is 22.8. The average molecular weight is 440 g/mol. The number of likely N-dealkylation sites (tertiary alicyclic amines) is 1. The molecule has 1 N–H and O–H groups in total. The van der Waals surface area contributed by atoms with Gasteiger partial charge in [-0.05, 0) is 61.5 Å². The second kappa shape index (κ2) is 10.5. The SMILES string of the molecule is COC(=O)N1CCC[C@@H](c2[nH]ncc2C(C)C)[C@H]1COC1CCC(c2ccccc2)CC1. The maximum Gasteiger partial charge on any atom is 0.409 e. The molecule has 6 heteroatoms. The number of nitrogens with zero attached hydrogens (tertiary/aromatic N) is 2. The zero-order chi connectivity index (χ0) is 22.5. The lowest BCUT2D eigenvalue weighted by molar-refractivity contribution is -0.0243. The van der Waals surface area contributed by atoms with Gasteiger partial charge in [0.25, 0.3) is 0 Å². The molecule has 2 atom stereocenters. The number of piperidine rings is 1. The van der Waals surface area contributed by atoms with Crippen LogP contribution in [0.25, 0.3) is 0 Å². The van der Waals surface area contributed by atoms with Crippen LogP contribution in [-0.2, 0) is 9.47 Å². The Kier molecular flexibility index (Phi) is 7.51. The zero-order valence-corrected chi connectivity index (χ0v) is 19.6. The van der Waals surface area contributed by atoms with Gasteiger partial charge in [0.2, 0.25) is 0 Å². The Morgan fingerprint density at radius 3 is 2.59 bits per heavy atom. The van der Waals surface area contributed by atoms with Gasteiger partial charge in [0.05, 0.1) is 32.1 Å². The van der Waals surface area contributed by atoms with Gasteiger partial charge in [-0.2, -0.15) is 5.10 Å². The molecule has 0 bridgehead atoms. The summed E-state index contributed by atoms with van der Waals surface area (Å²) in [4.78, 5) is 14.5. The fraction of sp³-hybridized carbons (Fsp3) is 0.615. The summed E-state index contributed by atoms with van der Waals surface area (Å²) in [7, 11) is 1.46. The molecule has 0 spiro atoms. The monoisotopic (exact) mass is 439 g/mol. The van der Waals surface area contributed by atoms with Crippen LogP contribution in [0, 0.1) is 0 Å². The first-order valence-corrected chi connectivity index (χ1v) is 12.1. The first-order valence-electron chi connectivity index (χ1n) is 12.1. The van der Waals surface area contributed by atoms with Gasteiger partial charge in [-0.3, -0.25) is 5.10 Å². The summed E-state index contributed by atoms with van der Waals surface area (Å²) in [5.41, 5.74) is 3.82. The predicted molar refractivity (Wildman–Crippen MR) is 125 cm³/mol. The van der Waals surface area contributed by atoms with Crippen LogP contribution in [0.15, 0.2) is 36.5 Å². The number of rotatable bonds is 6. The van der Waals surface area contributed by atoms with Crippen LogP contribution in [0.2, 0.25) is 0 Å². The van der Waals surface area contributed by atoms with Crippen molar-refractivity contribution in [2.45, 2.75) is 82.3 Å². The highest BCUT2D eigenvalue weighted by molar-refractivity contribution is 5.68. The number of aromatic amines is 1. The van der Waals surface area contributed by atoms with Crippen LogP contribution in [-0.4, -0.2) is 53.6 Å². The number of carbonyl (C=O) groups is 1. The van der Waals surface area contributed by atoms with Crippen LogP contribution in [0.3, 0.4) is 0 Å². The molecule has 4 rings (SSSR count). The summed E-state index contributed by atoms with van der Waals surface area (Å²) in [6, 6.07) is 10.8. The van der Waals surface area contributed by atoms with Crippen molar-refractivity contribution < 1.29 is 14.3 Å². The number of ether oxygens (including phenoxy) is 2. The Labute approximate surface area is 191 Å². The van der Waals surface area contributed by atoms with E-state index < -0.39 is 0 Å². The minimum absolute atomic E-state index is 0.0407. The van der Waals surface area contributed by atoms with Crippen molar-refractivity contribution in [3.05, 3.63) is 53.3 Å². The largest absolute Gasteiger partial charge is 0.453 e. The number of aromatic nitrogens is 2. The molecule has 0 unspecified atom stereocenters. The molecule has 1 saturated heterocycles. The number of methoxy groups -OCH3 is 1. The summed E-state index contributed by atoms with van der Waals surface area (Å²) in [6.45, 7) is 5.62. The van der Waals surface area contributed by atoms with E-state index in [9.17, 15) is 4.79 Å². The fourth-order valence-corrected chi connectivity index (χ4v) is 5.53. The minimum atomic E-state index is -0.262. The van der Waals surface area contributed by atoms with Gasteiger partial charge in [-0.15, -0.1) is 0 Å². The summed E-state index contributed by atoms with van der Waals surface area (Å²) in [6.07, 6.45) is 8.33. The van der Waals surface area contributed by atoms with E-state index in [1.807, 2.05) is 11.1 Å². The third-order valence-electron chi connectivity index (χ3n) is 7.33. The van der Waals surface area contributed by atoms with E-state index >= 15 is 0 Å². The fourth-order valence-electron chi connectivity index (χ4n) is 5.53. The van der Waals surface area contributed by atoms with E-state index in [-0.39, 0.29) is 24.2 Å². The normalized spacial score (nSPS) is 26.3. The highest BCUT2D eigenvalue weighted by atomic mass is 16.5. The number of nitrogens with one attached hydrogen (secondary N) is 1. The topological polar surface area (TPSA) is 67.5 Å². The van der Waals surface area contributed by atoms with E-state index in [1.165, 1.54) is 18.2 Å². The van der Waals surface area contributed by atoms with Gasteiger partial charge in [0.15, 0.2) is 0 Å². The third kappa shape index (κ3) is 5.01. The molecule has 1 saturated carbocycles. The van der Waals surface area contributed by atoms with Gasteiger partial charge in [-0.1, -0.05) is 44.2 Å². The Hall–Kier alpha value is -2.34. The maximum absolute atomic E-state index is 12.6. The van der Waals surface area contributed by atoms with Crippen LogP contribution < -0.4 is 0 Å². The van der Waals surface area contributed by atoms with Crippen molar-refractivity contribution >= 4 is 6.09 Å². The molecular weight excluding hydrogens is 402 g/mol. The van der Waals surface area contributed by atoms with Crippen LogP contribution in [0.1, 0.15) is 86.9 Å². The van der Waals surface area contributed by atoms with E-state index in [0.29, 0.717) is 25.0 Å². The van der Waals surface area contributed by atoms with Crippen molar-refractivity contribution in [2.75, 3.05) is 20.3 Å². The van der Waals surface area contributed by atoms with Gasteiger partial charge >= 0.3 is 6.09 Å². The number of amides is 1. The second-order valence-electron chi connectivity index (χ2n) is 9.59. The summed E-state index contributed by atoms with van der Waals surface area (Å²) in [5.74, 6) is 1.19. The lowest BCUT2D eigenvalue weighted by Gasteiger charge is -2.41. The number of H-pyrrole nitrogens is 1. The molecule has 2 aliphatic rings. The second-order valence-corrected chi connectivity index (χ2v) is 9.59. The molecule has 6 nitrogen and oxygen atoms in total. The van der Waals surface area contributed by atoms with Crippen molar-refractivity contribution in [3.63, 3.8) is 0 Å². The number of benzene rings is 1. The van der Waals surface area contributed by atoms with Crippen molar-refractivity contribution in [2.24, 2.45) is 0 Å². The third-order valence-corrected chi connectivity index (χ3v) is 7.33. The Morgan fingerprint density at radius 2 is 1.91 bits per heavy atom. The van der Waals surface area contributed by atoms with Crippen LogP contribution in [0.4, 0.5) is 4.79 Å². The molecular formula is C26H37N3O3. The van der Waals surface area contributed by atoms with Gasteiger partial charge in [0, 0.05) is 18.2 Å². The van der Waals surface area contributed by atoms with Gasteiger partial charge in [0.1, 0.15) is 0 Å². The van der Waals surface area contributed by atoms with E-state index in [1.54, 1.807) is 0 Å². The lowest BCUT2D eigenvalue weighted by atomic mass is 9.82. The smallest absolute Gasteiger partial charge is 0.409 e. The van der Waals surface area contributed by atoms with E-state index in [2.05, 4.69) is 54.4 Å². The standard InChI is InChI=1S/C26H37N3O3/c1-18(2)23-16-27-28-25(23)22-10-7-15-29(26(30)31-3)24(22)17-32-21-13-11-20(12-14-21)19-8-5-4-6-9-19/h4-6,8-9,16,18,20-22,24H,7,10-15,17H2,1-3H3,(H,27,28)/t20?,21?,22-,24-/m1/s1. The molecule has 1 aromatic carbocycles. The number of carbonyl (C=O) groups excluding carboxylic acids is 1. The molecule has 1 aliphatic carbocycles. The van der Waals surface area contributed by atoms with E-state index in [0.717, 1.165) is 44.2 Å². The Morgan fingerprint density at radius 1 is 1.16 bits per heavy atom. The summed E-state index contributed by atoms with van der Waals surface area (Å²) < 4.78 is 11.6. The maximum atomic E-state index is 12.6. The average Bonchev–Trinajstić information content (AvgIpc) is 3.33. The molecule has 1 aliphatic heterocycles. The molecule has 0 radical (unpaired) electrons. The molecule has 2 fully saturated rings. The highest BCUT2D eigenvalue weighted by Gasteiger charge is 2.38. The molecule has 2 aromatic rings. The first-order chi connectivity index (χ1) is 15.6. The van der Waals surface area contributed by atoms with Gasteiger partial charge in [-0.25, -0.2) is 4.79 Å². The lowest BCUT2D eigenvalue weighted by Crippen LogP contribution is -2.50. The zero-order valence-electron chi connectivity index (χ0n) is 19.6. The van der Waals surface area contributed by atoms with Crippen LogP contribution >= 0.6 is 0 Å². The van der Waals surface area contributed by atoms with Crippen molar-refractivity contribution in [1.29, 1.82) is 0 Å².